The molecule has 2 rings (SSSR count). The van der Waals surface area contributed by atoms with E-state index in [4.69, 9.17) is 0 Å². The predicted octanol–water partition coefficient (Wildman–Crippen LogP) is 1.57. The number of nitrogens with one attached hydrogen (secondary N) is 1. The van der Waals surface area contributed by atoms with Crippen molar-refractivity contribution in [1.29, 1.82) is 0 Å². The maximum atomic E-state index is 11.9. The summed E-state index contributed by atoms with van der Waals surface area (Å²) in [4.78, 5) is 11.9. The molecular formula is C13H20N2O2. The molecular weight excluding hydrogens is 216 g/mol. The second-order valence-corrected chi connectivity index (χ2v) is 5.05. The number of hydrogen-bond donors (Lipinski definition) is 2. The highest BCUT2D eigenvalue weighted by molar-refractivity contribution is 5.92. The van der Waals surface area contributed by atoms with Gasteiger partial charge in [0.25, 0.3) is 5.91 Å². The minimum atomic E-state index is -0.483. The molecule has 2 N–H and O–H groups in total. The number of hydrogen-bond acceptors (Lipinski definition) is 2. The van der Waals surface area contributed by atoms with Gasteiger partial charge in [0.05, 0.1) is 6.10 Å². The van der Waals surface area contributed by atoms with Gasteiger partial charge in [0.15, 0.2) is 0 Å². The van der Waals surface area contributed by atoms with Gasteiger partial charge in [-0.05, 0) is 30.9 Å². The second kappa shape index (κ2) is 4.92. The number of aromatic nitrogens is 1. The Morgan fingerprint density at radius 3 is 2.88 bits per heavy atom. The molecule has 0 bridgehead atoms. The highest BCUT2D eigenvalue weighted by atomic mass is 16.3. The van der Waals surface area contributed by atoms with E-state index < -0.39 is 6.10 Å². The highest BCUT2D eigenvalue weighted by Gasteiger charge is 2.26. The summed E-state index contributed by atoms with van der Waals surface area (Å²) in [5.41, 5.74) is 0.698. The lowest BCUT2D eigenvalue weighted by molar-refractivity contribution is 0.0863. The number of nitrogens with zero attached hydrogens (tertiary/aromatic N) is 1. The number of carbonyl (C=O) groups is 1. The molecule has 1 aliphatic rings. The van der Waals surface area contributed by atoms with Crippen molar-refractivity contribution in [2.75, 3.05) is 6.54 Å². The molecule has 4 nitrogen and oxygen atoms in total. The maximum Gasteiger partial charge on any atom is 0.268 e. The summed E-state index contributed by atoms with van der Waals surface area (Å²) in [6.45, 7) is 4.18. The number of aliphatic hydroxyl groups excluding tert-OH is 1. The molecule has 1 aliphatic carbocycles. The van der Waals surface area contributed by atoms with Gasteiger partial charge in [-0.25, -0.2) is 0 Å². The summed E-state index contributed by atoms with van der Waals surface area (Å²) in [6, 6.07) is 4.22. The molecule has 1 amide bonds. The second-order valence-electron chi connectivity index (χ2n) is 5.05. The minimum absolute atomic E-state index is 0.0957. The van der Waals surface area contributed by atoms with Gasteiger partial charge in [-0.1, -0.05) is 13.8 Å². The van der Waals surface area contributed by atoms with Crippen molar-refractivity contribution in [3.63, 3.8) is 0 Å². The normalized spacial score (nSPS) is 17.2. The number of rotatable bonds is 5. The van der Waals surface area contributed by atoms with Gasteiger partial charge in [0, 0.05) is 18.8 Å². The van der Waals surface area contributed by atoms with Crippen LogP contribution in [0.3, 0.4) is 0 Å². The van der Waals surface area contributed by atoms with Crippen LogP contribution in [0, 0.1) is 5.92 Å². The average Bonchev–Trinajstić information content (AvgIpc) is 3.03. The monoisotopic (exact) mass is 236 g/mol. The van der Waals surface area contributed by atoms with E-state index >= 15 is 0 Å². The van der Waals surface area contributed by atoms with Crippen LogP contribution in [-0.2, 0) is 0 Å². The van der Waals surface area contributed by atoms with E-state index in [2.05, 4.69) is 5.32 Å². The van der Waals surface area contributed by atoms with Gasteiger partial charge < -0.3 is 15.0 Å². The van der Waals surface area contributed by atoms with Crippen LogP contribution in [0.5, 0.6) is 0 Å². The van der Waals surface area contributed by atoms with Gasteiger partial charge in [-0.2, -0.15) is 0 Å². The van der Waals surface area contributed by atoms with E-state index in [1.165, 1.54) is 0 Å². The lowest BCUT2D eigenvalue weighted by atomic mass is 10.1. The fourth-order valence-corrected chi connectivity index (χ4v) is 1.78. The van der Waals surface area contributed by atoms with Crippen molar-refractivity contribution < 1.29 is 9.90 Å². The molecule has 0 spiro atoms. The third-order valence-corrected chi connectivity index (χ3v) is 3.19. The summed E-state index contributed by atoms with van der Waals surface area (Å²) >= 11 is 0. The largest absolute Gasteiger partial charge is 0.391 e. The molecule has 1 aromatic heterocycles. The third-order valence-electron chi connectivity index (χ3n) is 3.19. The standard InChI is InChI=1S/C13H20N2O2/c1-9(2)12(16)8-14-13(17)11-4-3-7-15(11)10-5-6-10/h3-4,7,9-10,12,16H,5-6,8H2,1-2H3,(H,14,17). The number of amides is 1. The Labute approximate surface area is 102 Å². The van der Waals surface area contributed by atoms with Crippen molar-refractivity contribution in [2.45, 2.75) is 38.8 Å². The van der Waals surface area contributed by atoms with E-state index in [0.717, 1.165) is 12.8 Å². The Kier molecular flexibility index (Phi) is 3.52. The van der Waals surface area contributed by atoms with Crippen LogP contribution in [0.1, 0.15) is 43.2 Å². The molecule has 0 aliphatic heterocycles. The summed E-state index contributed by atoms with van der Waals surface area (Å²) in [7, 11) is 0. The minimum Gasteiger partial charge on any atom is -0.391 e. The molecule has 0 radical (unpaired) electrons. The van der Waals surface area contributed by atoms with Gasteiger partial charge in [0.1, 0.15) is 5.69 Å². The van der Waals surface area contributed by atoms with Crippen molar-refractivity contribution in [3.05, 3.63) is 24.0 Å². The summed E-state index contributed by atoms with van der Waals surface area (Å²) in [5.74, 6) is 0.0621. The molecule has 94 valence electrons. The van der Waals surface area contributed by atoms with E-state index in [9.17, 15) is 9.90 Å². The smallest absolute Gasteiger partial charge is 0.268 e. The topological polar surface area (TPSA) is 54.3 Å². The molecule has 4 heteroatoms. The zero-order chi connectivity index (χ0) is 12.4. The zero-order valence-corrected chi connectivity index (χ0v) is 10.4. The zero-order valence-electron chi connectivity index (χ0n) is 10.4. The first-order valence-corrected chi connectivity index (χ1v) is 6.22. The molecule has 0 aromatic carbocycles. The van der Waals surface area contributed by atoms with Crippen molar-refractivity contribution in [1.82, 2.24) is 9.88 Å². The van der Waals surface area contributed by atoms with Crippen molar-refractivity contribution in [3.8, 4) is 0 Å². The molecule has 1 fully saturated rings. The van der Waals surface area contributed by atoms with E-state index in [1.54, 1.807) is 0 Å². The molecule has 0 saturated heterocycles. The molecule has 17 heavy (non-hydrogen) atoms. The highest BCUT2D eigenvalue weighted by Crippen LogP contribution is 2.35. The summed E-state index contributed by atoms with van der Waals surface area (Å²) in [5, 5.41) is 12.4. The Morgan fingerprint density at radius 2 is 2.29 bits per heavy atom. The van der Waals surface area contributed by atoms with Gasteiger partial charge >= 0.3 is 0 Å². The summed E-state index contributed by atoms with van der Waals surface area (Å²) < 4.78 is 2.02. The Morgan fingerprint density at radius 1 is 1.59 bits per heavy atom. The quantitative estimate of drug-likeness (QED) is 0.815. The Bertz CT molecular complexity index is 394. The van der Waals surface area contributed by atoms with Crippen LogP contribution in [0.25, 0.3) is 0 Å². The Hall–Kier alpha value is -1.29. The SMILES string of the molecule is CC(C)C(O)CNC(=O)c1cccn1C1CC1. The molecule has 1 saturated carbocycles. The van der Waals surface area contributed by atoms with Gasteiger partial charge in [0.2, 0.25) is 0 Å². The van der Waals surface area contributed by atoms with E-state index in [0.29, 0.717) is 18.3 Å². The summed E-state index contributed by atoms with van der Waals surface area (Å²) in [6.07, 6.45) is 3.78. The number of aliphatic hydroxyl groups is 1. The lowest BCUT2D eigenvalue weighted by Crippen LogP contribution is -2.35. The van der Waals surface area contributed by atoms with Crippen LogP contribution in [0.2, 0.25) is 0 Å². The van der Waals surface area contributed by atoms with E-state index in [1.807, 2.05) is 36.7 Å². The number of carbonyl (C=O) groups excluding carboxylic acids is 1. The molecule has 1 aromatic rings. The first-order valence-electron chi connectivity index (χ1n) is 6.22. The average molecular weight is 236 g/mol. The maximum absolute atomic E-state index is 11.9. The molecule has 1 heterocycles. The lowest BCUT2D eigenvalue weighted by Gasteiger charge is -2.15. The fourth-order valence-electron chi connectivity index (χ4n) is 1.78. The van der Waals surface area contributed by atoms with Crippen LogP contribution < -0.4 is 5.32 Å². The molecule has 1 unspecified atom stereocenters. The van der Waals surface area contributed by atoms with Crippen molar-refractivity contribution in [2.24, 2.45) is 5.92 Å². The van der Waals surface area contributed by atoms with E-state index in [-0.39, 0.29) is 11.8 Å². The van der Waals surface area contributed by atoms with Gasteiger partial charge in [-0.3, -0.25) is 4.79 Å². The van der Waals surface area contributed by atoms with Gasteiger partial charge in [-0.15, -0.1) is 0 Å². The van der Waals surface area contributed by atoms with Crippen LogP contribution in [-0.4, -0.2) is 28.2 Å². The first-order chi connectivity index (χ1) is 8.09. The Balaban J connectivity index is 1.93. The molecule has 1 atom stereocenters. The van der Waals surface area contributed by atoms with Crippen LogP contribution in [0.4, 0.5) is 0 Å². The third kappa shape index (κ3) is 2.88. The fraction of sp³-hybridized carbons (Fsp3) is 0.615. The van der Waals surface area contributed by atoms with Crippen LogP contribution >= 0.6 is 0 Å². The van der Waals surface area contributed by atoms with Crippen molar-refractivity contribution >= 4 is 5.91 Å². The predicted molar refractivity (Wildman–Crippen MR) is 65.9 cm³/mol. The first kappa shape index (κ1) is 12.2. The van der Waals surface area contributed by atoms with Crippen LogP contribution in [0.15, 0.2) is 18.3 Å².